The Kier molecular flexibility index (Phi) is 5.56. The normalized spacial score (nSPS) is 15.3. The van der Waals surface area contributed by atoms with Crippen LogP contribution in [-0.2, 0) is 10.0 Å². The van der Waals surface area contributed by atoms with Crippen molar-refractivity contribution in [3.63, 3.8) is 0 Å². The van der Waals surface area contributed by atoms with Gasteiger partial charge in [-0.15, -0.1) is 0 Å². The second-order valence-electron chi connectivity index (χ2n) is 6.73. The maximum atomic E-state index is 13.1. The van der Waals surface area contributed by atoms with E-state index < -0.39 is 15.9 Å². The van der Waals surface area contributed by atoms with Crippen molar-refractivity contribution in [3.8, 4) is 0 Å². The van der Waals surface area contributed by atoms with Gasteiger partial charge < -0.3 is 4.90 Å². The average Bonchev–Trinajstić information content (AvgIpc) is 2.78. The van der Waals surface area contributed by atoms with Crippen LogP contribution in [0.2, 0.25) is 5.02 Å². The van der Waals surface area contributed by atoms with Gasteiger partial charge in [0.2, 0.25) is 16.0 Å². The van der Waals surface area contributed by atoms with Crippen molar-refractivity contribution in [1.29, 1.82) is 0 Å². The first kappa shape index (κ1) is 20.5. The third kappa shape index (κ3) is 3.82. The van der Waals surface area contributed by atoms with E-state index in [1.54, 1.807) is 30.3 Å². The van der Waals surface area contributed by atoms with E-state index >= 15 is 0 Å². The number of hydroxylamine groups is 1. The number of carbonyl (C=O) groups excluding carboxylic acids is 1. The molecule has 2 heterocycles. The van der Waals surface area contributed by atoms with Crippen molar-refractivity contribution in [2.75, 3.05) is 31.1 Å². The minimum Gasteiger partial charge on any atom is -0.338 e. The lowest BCUT2D eigenvalue weighted by Gasteiger charge is -2.34. The number of halogens is 1. The van der Waals surface area contributed by atoms with E-state index in [1.807, 2.05) is 11.0 Å². The van der Waals surface area contributed by atoms with E-state index in [9.17, 15) is 13.2 Å². The number of anilines is 1. The van der Waals surface area contributed by atoms with Crippen LogP contribution in [-0.4, -0.2) is 60.0 Å². The molecule has 1 aliphatic rings. The number of piperazine rings is 1. The molecule has 2 N–H and O–H groups in total. The fraction of sp³-hybridized carbons (Fsp3) is 0.211. The Morgan fingerprint density at radius 2 is 1.77 bits per heavy atom. The number of aromatic nitrogens is 2. The van der Waals surface area contributed by atoms with Crippen LogP contribution in [0.3, 0.4) is 0 Å². The molecule has 1 amide bonds. The zero-order valence-corrected chi connectivity index (χ0v) is 17.3. The maximum Gasteiger partial charge on any atom is 0.277 e. The third-order valence-electron chi connectivity index (χ3n) is 4.96. The molecule has 1 aromatic heterocycles. The fourth-order valence-electron chi connectivity index (χ4n) is 3.33. The van der Waals surface area contributed by atoms with E-state index in [4.69, 9.17) is 16.8 Å². The van der Waals surface area contributed by atoms with Gasteiger partial charge in [0.15, 0.2) is 0 Å². The van der Waals surface area contributed by atoms with Gasteiger partial charge in [-0.05, 0) is 23.6 Å². The second-order valence-corrected chi connectivity index (χ2v) is 9.07. The molecule has 0 bridgehead atoms. The highest BCUT2D eigenvalue weighted by Crippen LogP contribution is 2.27. The van der Waals surface area contributed by atoms with Crippen molar-refractivity contribution < 1.29 is 18.4 Å². The average molecular weight is 448 g/mol. The van der Waals surface area contributed by atoms with Crippen molar-refractivity contribution in [1.82, 2.24) is 19.8 Å². The molecular formula is C19H18ClN5O4S. The van der Waals surface area contributed by atoms with Crippen LogP contribution >= 0.6 is 11.6 Å². The quantitative estimate of drug-likeness (QED) is 0.463. The first-order chi connectivity index (χ1) is 14.4. The predicted octanol–water partition coefficient (Wildman–Crippen LogP) is 1.91. The second kappa shape index (κ2) is 8.15. The highest BCUT2D eigenvalue weighted by molar-refractivity contribution is 7.89. The van der Waals surface area contributed by atoms with Crippen LogP contribution in [0.1, 0.15) is 10.4 Å². The first-order valence-electron chi connectivity index (χ1n) is 9.10. The molecule has 0 aliphatic carbocycles. The van der Waals surface area contributed by atoms with Gasteiger partial charge >= 0.3 is 0 Å². The van der Waals surface area contributed by atoms with Gasteiger partial charge in [0.1, 0.15) is 0 Å². The minimum absolute atomic E-state index is 0.124. The van der Waals surface area contributed by atoms with E-state index in [2.05, 4.69) is 9.97 Å². The van der Waals surface area contributed by atoms with Gasteiger partial charge in [-0.3, -0.25) is 10.0 Å². The lowest BCUT2D eigenvalue weighted by molar-refractivity contribution is 0.0705. The number of sulfonamides is 1. The minimum atomic E-state index is -3.65. The fourth-order valence-corrected chi connectivity index (χ4v) is 5.03. The molecule has 1 saturated heterocycles. The van der Waals surface area contributed by atoms with E-state index in [0.29, 0.717) is 24.1 Å². The monoisotopic (exact) mass is 447 g/mol. The van der Waals surface area contributed by atoms with Gasteiger partial charge in [-0.2, -0.15) is 4.31 Å². The topological polar surface area (TPSA) is 116 Å². The number of benzene rings is 2. The highest BCUT2D eigenvalue weighted by atomic mass is 35.5. The smallest absolute Gasteiger partial charge is 0.277 e. The Bertz CT molecular complexity index is 1200. The van der Waals surface area contributed by atoms with E-state index in [-0.39, 0.29) is 23.5 Å². The predicted molar refractivity (Wildman–Crippen MR) is 111 cm³/mol. The molecule has 0 spiro atoms. The number of nitrogens with one attached hydrogen (secondary N) is 1. The summed E-state index contributed by atoms with van der Waals surface area (Å²) in [5.41, 5.74) is 1.64. The number of fused-ring (bicyclic) bond motifs is 1. The summed E-state index contributed by atoms with van der Waals surface area (Å²) in [4.78, 5) is 21.7. The number of carbonyl (C=O) groups is 1. The van der Waals surface area contributed by atoms with Crippen LogP contribution < -0.4 is 10.4 Å². The Morgan fingerprint density at radius 3 is 2.43 bits per heavy atom. The van der Waals surface area contributed by atoms with Crippen LogP contribution in [0.15, 0.2) is 53.7 Å². The summed E-state index contributed by atoms with van der Waals surface area (Å²) in [5.74, 6) is -0.309. The maximum absolute atomic E-state index is 13.1. The van der Waals surface area contributed by atoms with Crippen molar-refractivity contribution in [3.05, 3.63) is 59.4 Å². The molecule has 4 rings (SSSR count). The van der Waals surface area contributed by atoms with Gasteiger partial charge in [0, 0.05) is 49.0 Å². The zero-order valence-electron chi connectivity index (χ0n) is 15.7. The first-order valence-corrected chi connectivity index (χ1v) is 10.9. The Morgan fingerprint density at radius 1 is 1.07 bits per heavy atom. The summed E-state index contributed by atoms with van der Waals surface area (Å²) < 4.78 is 27.6. The molecule has 3 aromatic rings. The van der Waals surface area contributed by atoms with Crippen molar-refractivity contribution in [2.45, 2.75) is 4.90 Å². The molecule has 2 aromatic carbocycles. The summed E-state index contributed by atoms with van der Waals surface area (Å²) in [7, 11) is -3.65. The molecule has 156 valence electrons. The summed E-state index contributed by atoms with van der Waals surface area (Å²) in [6.07, 6.45) is 2.61. The lowest BCUT2D eigenvalue weighted by Crippen LogP contribution is -2.49. The number of hydrogen-bond acceptors (Lipinski definition) is 7. The van der Waals surface area contributed by atoms with Crippen LogP contribution in [0.25, 0.3) is 10.8 Å². The van der Waals surface area contributed by atoms with Crippen molar-refractivity contribution in [2.24, 2.45) is 0 Å². The third-order valence-corrected chi connectivity index (χ3v) is 7.18. The Hall–Kier alpha value is -2.79. The number of rotatable bonds is 4. The summed E-state index contributed by atoms with van der Waals surface area (Å²) in [6, 6.07) is 10.3. The molecular weight excluding hydrogens is 430 g/mol. The SMILES string of the molecule is O=C(NO)c1cnc(N2CCN(S(=O)(=O)c3ccc4c(Cl)cccc4c3)CC2)nc1. The zero-order chi connectivity index (χ0) is 21.3. The lowest BCUT2D eigenvalue weighted by atomic mass is 10.1. The summed E-state index contributed by atoms with van der Waals surface area (Å²) in [6.45, 7) is 1.37. The van der Waals surface area contributed by atoms with E-state index in [1.165, 1.54) is 22.2 Å². The largest absolute Gasteiger partial charge is 0.338 e. The summed E-state index contributed by atoms with van der Waals surface area (Å²) >= 11 is 6.17. The molecule has 0 radical (unpaired) electrons. The number of nitrogens with zero attached hydrogens (tertiary/aromatic N) is 4. The Balaban J connectivity index is 1.48. The van der Waals surface area contributed by atoms with Crippen LogP contribution in [0.5, 0.6) is 0 Å². The van der Waals surface area contributed by atoms with Crippen molar-refractivity contribution >= 4 is 44.3 Å². The van der Waals surface area contributed by atoms with Gasteiger partial charge in [0.25, 0.3) is 5.91 Å². The molecule has 1 aliphatic heterocycles. The molecule has 0 unspecified atom stereocenters. The van der Waals surface area contributed by atoms with Gasteiger partial charge in [0.05, 0.1) is 10.5 Å². The molecule has 9 nitrogen and oxygen atoms in total. The molecule has 1 fully saturated rings. The Labute approximate surface area is 177 Å². The molecule has 0 saturated carbocycles. The van der Waals surface area contributed by atoms with E-state index in [0.717, 1.165) is 10.8 Å². The number of amides is 1. The van der Waals surface area contributed by atoms with Crippen LogP contribution in [0.4, 0.5) is 5.95 Å². The summed E-state index contributed by atoms with van der Waals surface area (Å²) in [5, 5.41) is 10.8. The van der Waals surface area contributed by atoms with Crippen LogP contribution in [0, 0.1) is 0 Å². The van der Waals surface area contributed by atoms with Gasteiger partial charge in [-0.1, -0.05) is 29.8 Å². The number of hydrogen-bond donors (Lipinski definition) is 2. The highest BCUT2D eigenvalue weighted by Gasteiger charge is 2.29. The molecule has 0 atom stereocenters. The molecule has 11 heteroatoms. The van der Waals surface area contributed by atoms with Gasteiger partial charge in [-0.25, -0.2) is 23.9 Å². The molecule has 30 heavy (non-hydrogen) atoms. The standard InChI is InChI=1S/C19H18ClN5O4S/c20-17-3-1-2-13-10-15(4-5-16(13)17)30(28,29)25-8-6-24(7-9-25)19-21-11-14(12-22-19)18(26)23-27/h1-5,10-12,27H,6-9H2,(H,23,26).